The first-order valence-electron chi connectivity index (χ1n) is 5.96. The normalized spacial score (nSPS) is 19.8. The van der Waals surface area contributed by atoms with Gasteiger partial charge in [0.1, 0.15) is 0 Å². The molecule has 0 radical (unpaired) electrons. The van der Waals surface area contributed by atoms with Crippen LogP contribution in [0.3, 0.4) is 0 Å². The van der Waals surface area contributed by atoms with Crippen LogP contribution in [0.4, 0.5) is 0 Å². The molecule has 96 valence electrons. The molecule has 2 N–H and O–H groups in total. The summed E-state index contributed by atoms with van der Waals surface area (Å²) in [6.45, 7) is 6.66. The molecule has 1 aliphatic carbocycles. The van der Waals surface area contributed by atoms with Crippen LogP contribution >= 0.6 is 0 Å². The summed E-state index contributed by atoms with van der Waals surface area (Å²) >= 11 is 0. The van der Waals surface area contributed by atoms with Gasteiger partial charge in [-0.1, -0.05) is 6.92 Å². The minimum absolute atomic E-state index is 0.421. The molecule has 4 nitrogen and oxygen atoms in total. The fourth-order valence-electron chi connectivity index (χ4n) is 2.07. The molecule has 1 atom stereocenters. The van der Waals surface area contributed by atoms with Crippen LogP contribution in [0.2, 0.25) is 0 Å². The summed E-state index contributed by atoms with van der Waals surface area (Å²) in [5.41, 5.74) is -0.421. The van der Waals surface area contributed by atoms with Gasteiger partial charge in [0.15, 0.2) is 0 Å². The van der Waals surface area contributed by atoms with Gasteiger partial charge in [-0.25, -0.2) is 13.1 Å². The lowest BCUT2D eigenvalue weighted by molar-refractivity contribution is 0.364. The van der Waals surface area contributed by atoms with Gasteiger partial charge >= 0.3 is 0 Å². The third kappa shape index (κ3) is 5.27. The van der Waals surface area contributed by atoms with Crippen LogP contribution in [0.1, 0.15) is 40.0 Å². The molecule has 1 unspecified atom stereocenters. The van der Waals surface area contributed by atoms with Crippen molar-refractivity contribution in [1.29, 1.82) is 0 Å². The van der Waals surface area contributed by atoms with E-state index in [9.17, 15) is 8.42 Å². The molecule has 1 saturated carbocycles. The van der Waals surface area contributed by atoms with E-state index in [0.29, 0.717) is 12.6 Å². The van der Waals surface area contributed by atoms with Gasteiger partial charge in [-0.2, -0.15) is 0 Å². The first kappa shape index (κ1) is 13.9. The molecule has 0 aromatic carbocycles. The molecule has 0 aliphatic heterocycles. The third-order valence-electron chi connectivity index (χ3n) is 2.90. The van der Waals surface area contributed by atoms with Gasteiger partial charge in [0.25, 0.3) is 0 Å². The van der Waals surface area contributed by atoms with Crippen molar-refractivity contribution in [2.24, 2.45) is 5.92 Å². The maximum Gasteiger partial charge on any atom is 0.209 e. The highest BCUT2D eigenvalue weighted by Crippen LogP contribution is 2.33. The van der Waals surface area contributed by atoms with Crippen LogP contribution in [0, 0.1) is 5.92 Å². The molecule has 0 aromatic heterocycles. The predicted octanol–water partition coefficient (Wildman–Crippen LogP) is 1.09. The lowest BCUT2D eigenvalue weighted by atomic mass is 10.0. The van der Waals surface area contributed by atoms with Crippen LogP contribution in [-0.2, 0) is 10.0 Å². The van der Waals surface area contributed by atoms with E-state index < -0.39 is 15.6 Å². The highest BCUT2D eigenvalue weighted by atomic mass is 32.2. The molecule has 0 amide bonds. The molecule has 0 bridgehead atoms. The summed E-state index contributed by atoms with van der Waals surface area (Å²) in [6.07, 6.45) is 4.93. The fourth-order valence-corrected chi connectivity index (χ4v) is 3.14. The standard InChI is InChI=1S/C11H24N2O2S/c1-5-10(9-6-7-9)12-8-11(2,3)13-16(4,14)15/h9-10,12-13H,5-8H2,1-4H3. The van der Waals surface area contributed by atoms with Crippen molar-refractivity contribution in [3.8, 4) is 0 Å². The van der Waals surface area contributed by atoms with Crippen molar-refractivity contribution >= 4 is 10.0 Å². The van der Waals surface area contributed by atoms with E-state index in [4.69, 9.17) is 0 Å². The Morgan fingerprint density at radius 2 is 1.94 bits per heavy atom. The maximum absolute atomic E-state index is 11.2. The van der Waals surface area contributed by atoms with Crippen molar-refractivity contribution in [2.45, 2.75) is 51.6 Å². The average Bonchev–Trinajstić information content (AvgIpc) is 2.84. The monoisotopic (exact) mass is 248 g/mol. The average molecular weight is 248 g/mol. The summed E-state index contributed by atoms with van der Waals surface area (Å²) < 4.78 is 25.0. The Morgan fingerprint density at radius 1 is 1.38 bits per heavy atom. The minimum atomic E-state index is -3.13. The molecule has 0 heterocycles. The Hall–Kier alpha value is -0.130. The topological polar surface area (TPSA) is 58.2 Å². The van der Waals surface area contributed by atoms with Gasteiger partial charge in [-0.05, 0) is 39.0 Å². The molecule has 5 heteroatoms. The Bertz CT molecular complexity index is 321. The summed E-state index contributed by atoms with van der Waals surface area (Å²) in [7, 11) is -3.13. The molecular formula is C11H24N2O2S. The van der Waals surface area contributed by atoms with Crippen molar-refractivity contribution in [3.05, 3.63) is 0 Å². The SMILES string of the molecule is CCC(NCC(C)(C)NS(C)(=O)=O)C1CC1. The predicted molar refractivity (Wildman–Crippen MR) is 66.9 cm³/mol. The molecule has 0 saturated heterocycles. The van der Waals surface area contributed by atoms with Crippen LogP contribution in [0.5, 0.6) is 0 Å². The Kier molecular flexibility index (Phi) is 4.37. The summed E-state index contributed by atoms with van der Waals surface area (Å²) in [5.74, 6) is 0.805. The Labute approximate surface area is 99.2 Å². The Morgan fingerprint density at radius 3 is 2.31 bits per heavy atom. The highest BCUT2D eigenvalue weighted by molar-refractivity contribution is 7.88. The van der Waals surface area contributed by atoms with Gasteiger partial charge in [0.2, 0.25) is 10.0 Å². The lowest BCUT2D eigenvalue weighted by Gasteiger charge is -2.28. The largest absolute Gasteiger partial charge is 0.312 e. The van der Waals surface area contributed by atoms with Crippen LogP contribution in [0.25, 0.3) is 0 Å². The molecule has 1 aliphatic rings. The molecule has 0 spiro atoms. The van der Waals surface area contributed by atoms with Crippen LogP contribution in [-0.4, -0.2) is 32.8 Å². The second kappa shape index (κ2) is 5.02. The second-order valence-corrected chi connectivity index (χ2v) is 7.24. The summed E-state index contributed by atoms with van der Waals surface area (Å²) in [4.78, 5) is 0. The van der Waals surface area contributed by atoms with E-state index in [0.717, 1.165) is 12.3 Å². The zero-order chi connectivity index (χ0) is 12.4. The van der Waals surface area contributed by atoms with Gasteiger partial charge < -0.3 is 5.32 Å². The number of nitrogens with one attached hydrogen (secondary N) is 2. The molecular weight excluding hydrogens is 224 g/mol. The van der Waals surface area contributed by atoms with E-state index in [1.165, 1.54) is 19.1 Å². The van der Waals surface area contributed by atoms with E-state index in [-0.39, 0.29) is 0 Å². The van der Waals surface area contributed by atoms with E-state index in [1.54, 1.807) is 0 Å². The quantitative estimate of drug-likeness (QED) is 0.709. The third-order valence-corrected chi connectivity index (χ3v) is 3.82. The first-order valence-corrected chi connectivity index (χ1v) is 7.85. The van der Waals surface area contributed by atoms with Crippen molar-refractivity contribution in [2.75, 3.05) is 12.8 Å². The molecule has 1 rings (SSSR count). The number of hydrogen-bond acceptors (Lipinski definition) is 3. The van der Waals surface area contributed by atoms with Crippen LogP contribution < -0.4 is 10.0 Å². The van der Waals surface area contributed by atoms with E-state index >= 15 is 0 Å². The minimum Gasteiger partial charge on any atom is -0.312 e. The number of sulfonamides is 1. The lowest BCUT2D eigenvalue weighted by Crippen LogP contribution is -2.52. The zero-order valence-electron chi connectivity index (χ0n) is 10.7. The van der Waals surface area contributed by atoms with E-state index in [1.807, 2.05) is 13.8 Å². The van der Waals surface area contributed by atoms with Gasteiger partial charge in [-0.15, -0.1) is 0 Å². The van der Waals surface area contributed by atoms with E-state index in [2.05, 4.69) is 17.0 Å². The summed E-state index contributed by atoms with van der Waals surface area (Å²) in [5, 5.41) is 3.47. The zero-order valence-corrected chi connectivity index (χ0v) is 11.5. The maximum atomic E-state index is 11.2. The van der Waals surface area contributed by atoms with Gasteiger partial charge in [0, 0.05) is 18.1 Å². The fraction of sp³-hybridized carbons (Fsp3) is 1.00. The van der Waals surface area contributed by atoms with Crippen LogP contribution in [0.15, 0.2) is 0 Å². The van der Waals surface area contributed by atoms with Gasteiger partial charge in [-0.3, -0.25) is 0 Å². The van der Waals surface area contributed by atoms with Crippen molar-refractivity contribution < 1.29 is 8.42 Å². The smallest absolute Gasteiger partial charge is 0.209 e. The van der Waals surface area contributed by atoms with Crippen molar-refractivity contribution in [3.63, 3.8) is 0 Å². The summed E-state index contributed by atoms with van der Waals surface area (Å²) in [6, 6.07) is 0.542. The first-order chi connectivity index (χ1) is 7.23. The van der Waals surface area contributed by atoms with Crippen molar-refractivity contribution in [1.82, 2.24) is 10.0 Å². The number of rotatable bonds is 7. The second-order valence-electron chi connectivity index (χ2n) is 5.49. The van der Waals surface area contributed by atoms with Gasteiger partial charge in [0.05, 0.1) is 6.26 Å². The molecule has 1 fully saturated rings. The molecule has 0 aromatic rings. The Balaban J connectivity index is 2.39. The molecule has 16 heavy (non-hydrogen) atoms. The highest BCUT2D eigenvalue weighted by Gasteiger charge is 2.31. The number of hydrogen-bond donors (Lipinski definition) is 2.